The minimum Gasteiger partial charge on any atom is -0.372 e. The van der Waals surface area contributed by atoms with Crippen LogP contribution in [-0.4, -0.2) is 25.4 Å². The second-order valence-electron chi connectivity index (χ2n) is 4.44. The minimum absolute atomic E-state index is 0.00789. The molecule has 2 aromatic heterocycles. The van der Waals surface area contributed by atoms with Crippen LogP contribution in [0.15, 0.2) is 29.3 Å². The number of hydrogen-bond acceptors (Lipinski definition) is 5. The standard InChI is InChI=1S/C13H15ClN4O2S/c1-8-4-5-12(9(2)17-8)18-21(19,20)10-6-11(14)13(15-3)16-7-10/h4-7,18H,1-3H3,(H,15,16). The quantitative estimate of drug-likeness (QED) is 0.902. The van der Waals surface area contributed by atoms with Gasteiger partial charge in [0, 0.05) is 18.9 Å². The molecular formula is C13H15ClN4O2S. The van der Waals surface area contributed by atoms with E-state index in [9.17, 15) is 8.42 Å². The van der Waals surface area contributed by atoms with Gasteiger partial charge in [-0.25, -0.2) is 13.4 Å². The number of nitrogens with zero attached hydrogens (tertiary/aromatic N) is 2. The highest BCUT2D eigenvalue weighted by Gasteiger charge is 2.17. The maximum atomic E-state index is 12.3. The van der Waals surface area contributed by atoms with Crippen molar-refractivity contribution in [3.63, 3.8) is 0 Å². The van der Waals surface area contributed by atoms with E-state index in [0.29, 0.717) is 17.2 Å². The molecule has 2 heterocycles. The Morgan fingerprint density at radius 2 is 1.95 bits per heavy atom. The lowest BCUT2D eigenvalue weighted by Crippen LogP contribution is -2.15. The zero-order valence-electron chi connectivity index (χ0n) is 11.8. The minimum atomic E-state index is -3.76. The van der Waals surface area contributed by atoms with E-state index in [2.05, 4.69) is 20.0 Å². The molecule has 0 aromatic carbocycles. The molecule has 6 nitrogen and oxygen atoms in total. The van der Waals surface area contributed by atoms with Gasteiger partial charge in [-0.2, -0.15) is 0 Å². The molecule has 0 saturated heterocycles. The summed E-state index contributed by atoms with van der Waals surface area (Å²) in [5.74, 6) is 0.420. The molecule has 0 aliphatic heterocycles. The second kappa shape index (κ2) is 5.87. The van der Waals surface area contributed by atoms with E-state index in [4.69, 9.17) is 11.6 Å². The summed E-state index contributed by atoms with van der Waals surface area (Å²) in [5.41, 5.74) is 1.84. The highest BCUT2D eigenvalue weighted by Crippen LogP contribution is 2.24. The van der Waals surface area contributed by atoms with Crippen molar-refractivity contribution >= 4 is 33.1 Å². The van der Waals surface area contributed by atoms with E-state index >= 15 is 0 Å². The van der Waals surface area contributed by atoms with Crippen LogP contribution in [0, 0.1) is 13.8 Å². The number of sulfonamides is 1. The maximum Gasteiger partial charge on any atom is 0.263 e. The van der Waals surface area contributed by atoms with Crippen molar-refractivity contribution in [3.8, 4) is 0 Å². The molecule has 112 valence electrons. The van der Waals surface area contributed by atoms with Crippen LogP contribution >= 0.6 is 11.6 Å². The Morgan fingerprint density at radius 1 is 1.24 bits per heavy atom. The summed E-state index contributed by atoms with van der Waals surface area (Å²) < 4.78 is 27.2. The third kappa shape index (κ3) is 3.43. The molecule has 2 rings (SSSR count). The molecule has 0 saturated carbocycles. The number of hydrogen-bond donors (Lipinski definition) is 2. The average Bonchev–Trinajstić information content (AvgIpc) is 2.42. The first-order valence-corrected chi connectivity index (χ1v) is 8.00. The van der Waals surface area contributed by atoms with Crippen LogP contribution in [0.25, 0.3) is 0 Å². The summed E-state index contributed by atoms with van der Waals surface area (Å²) in [7, 11) is -2.11. The predicted molar refractivity (Wildman–Crippen MR) is 83.3 cm³/mol. The lowest BCUT2D eigenvalue weighted by atomic mass is 10.3. The van der Waals surface area contributed by atoms with Crippen LogP contribution in [0.4, 0.5) is 11.5 Å². The summed E-state index contributed by atoms with van der Waals surface area (Å²) in [6.45, 7) is 3.58. The molecule has 0 spiro atoms. The van der Waals surface area contributed by atoms with Crippen molar-refractivity contribution in [2.75, 3.05) is 17.1 Å². The summed E-state index contributed by atoms with van der Waals surface area (Å²) in [5, 5.41) is 3.01. The van der Waals surface area contributed by atoms with Crippen molar-refractivity contribution in [2.45, 2.75) is 18.7 Å². The van der Waals surface area contributed by atoms with Gasteiger partial charge in [0.1, 0.15) is 10.7 Å². The molecule has 0 unspecified atom stereocenters. The van der Waals surface area contributed by atoms with Gasteiger partial charge in [-0.3, -0.25) is 9.71 Å². The lowest BCUT2D eigenvalue weighted by molar-refractivity contribution is 0.600. The van der Waals surface area contributed by atoms with Crippen molar-refractivity contribution < 1.29 is 8.42 Å². The van der Waals surface area contributed by atoms with Gasteiger partial charge in [-0.1, -0.05) is 11.6 Å². The van der Waals surface area contributed by atoms with Crippen LogP contribution in [0.1, 0.15) is 11.4 Å². The van der Waals surface area contributed by atoms with Gasteiger partial charge in [-0.15, -0.1) is 0 Å². The van der Waals surface area contributed by atoms with Crippen LogP contribution in [-0.2, 0) is 10.0 Å². The van der Waals surface area contributed by atoms with E-state index in [0.717, 1.165) is 5.69 Å². The highest BCUT2D eigenvalue weighted by atomic mass is 35.5. The lowest BCUT2D eigenvalue weighted by Gasteiger charge is -2.11. The van der Waals surface area contributed by atoms with Gasteiger partial charge in [0.15, 0.2) is 0 Å². The SMILES string of the molecule is CNc1ncc(S(=O)(=O)Nc2ccc(C)nc2C)cc1Cl. The Morgan fingerprint density at radius 3 is 2.52 bits per heavy atom. The Hall–Kier alpha value is -1.86. The van der Waals surface area contributed by atoms with E-state index < -0.39 is 10.0 Å². The van der Waals surface area contributed by atoms with Gasteiger partial charge in [0.05, 0.1) is 16.4 Å². The Kier molecular flexibility index (Phi) is 4.34. The Labute approximate surface area is 128 Å². The third-order valence-corrected chi connectivity index (χ3v) is 4.45. The van der Waals surface area contributed by atoms with Gasteiger partial charge in [-0.05, 0) is 32.0 Å². The maximum absolute atomic E-state index is 12.3. The molecule has 0 bridgehead atoms. The number of aromatic nitrogens is 2. The molecule has 0 atom stereocenters. The van der Waals surface area contributed by atoms with Crippen LogP contribution in [0.5, 0.6) is 0 Å². The third-order valence-electron chi connectivity index (χ3n) is 2.83. The fourth-order valence-electron chi connectivity index (χ4n) is 1.75. The van der Waals surface area contributed by atoms with E-state index in [1.165, 1.54) is 12.3 Å². The van der Waals surface area contributed by atoms with Crippen molar-refractivity contribution in [1.82, 2.24) is 9.97 Å². The number of aryl methyl sites for hydroxylation is 2. The second-order valence-corrected chi connectivity index (χ2v) is 6.53. The van der Waals surface area contributed by atoms with Gasteiger partial charge in [0.2, 0.25) is 0 Å². The zero-order chi connectivity index (χ0) is 15.6. The molecule has 0 fully saturated rings. The Balaban J connectivity index is 2.36. The molecule has 21 heavy (non-hydrogen) atoms. The zero-order valence-corrected chi connectivity index (χ0v) is 13.4. The van der Waals surface area contributed by atoms with Gasteiger partial charge < -0.3 is 5.32 Å². The van der Waals surface area contributed by atoms with Gasteiger partial charge in [0.25, 0.3) is 10.0 Å². The summed E-state index contributed by atoms with van der Waals surface area (Å²) in [6.07, 6.45) is 1.25. The number of pyridine rings is 2. The molecular weight excluding hydrogens is 312 g/mol. The first kappa shape index (κ1) is 15.5. The normalized spacial score (nSPS) is 11.2. The van der Waals surface area contributed by atoms with Crippen LogP contribution in [0.3, 0.4) is 0 Å². The summed E-state index contributed by atoms with van der Waals surface area (Å²) in [6, 6.07) is 4.76. The number of halogens is 1. The molecule has 0 aliphatic rings. The van der Waals surface area contributed by atoms with E-state index in [1.807, 2.05) is 6.92 Å². The van der Waals surface area contributed by atoms with Crippen molar-refractivity contribution in [2.24, 2.45) is 0 Å². The molecule has 0 aliphatic carbocycles. The monoisotopic (exact) mass is 326 g/mol. The summed E-state index contributed by atoms with van der Waals surface area (Å²) >= 11 is 5.96. The average molecular weight is 327 g/mol. The molecule has 0 amide bonds. The van der Waals surface area contributed by atoms with E-state index in [1.54, 1.807) is 26.1 Å². The van der Waals surface area contributed by atoms with Crippen LogP contribution < -0.4 is 10.0 Å². The molecule has 0 radical (unpaired) electrons. The van der Waals surface area contributed by atoms with Crippen LogP contribution in [0.2, 0.25) is 5.02 Å². The predicted octanol–water partition coefficient (Wildman–Crippen LogP) is 2.59. The number of nitrogens with one attached hydrogen (secondary N) is 2. The summed E-state index contributed by atoms with van der Waals surface area (Å²) in [4.78, 5) is 8.17. The van der Waals surface area contributed by atoms with Gasteiger partial charge >= 0.3 is 0 Å². The number of anilines is 2. The first-order valence-electron chi connectivity index (χ1n) is 6.14. The molecule has 2 N–H and O–H groups in total. The Bertz CT molecular complexity index is 778. The fraction of sp³-hybridized carbons (Fsp3) is 0.231. The molecule has 8 heteroatoms. The number of rotatable bonds is 4. The highest BCUT2D eigenvalue weighted by molar-refractivity contribution is 7.92. The van der Waals surface area contributed by atoms with E-state index in [-0.39, 0.29) is 9.92 Å². The first-order chi connectivity index (χ1) is 9.83. The molecule has 2 aromatic rings. The smallest absolute Gasteiger partial charge is 0.263 e. The van der Waals surface area contributed by atoms with Crippen molar-refractivity contribution in [1.29, 1.82) is 0 Å². The largest absolute Gasteiger partial charge is 0.372 e. The fourth-order valence-corrected chi connectivity index (χ4v) is 3.16. The topological polar surface area (TPSA) is 84.0 Å². The van der Waals surface area contributed by atoms with Crippen molar-refractivity contribution in [3.05, 3.63) is 40.8 Å².